The van der Waals surface area contributed by atoms with Crippen molar-refractivity contribution in [3.63, 3.8) is 0 Å². The number of carbonyl (C=O) groups excluding carboxylic acids is 3. The zero-order valence-corrected chi connectivity index (χ0v) is 24.8. The summed E-state index contributed by atoms with van der Waals surface area (Å²) in [6, 6.07) is 0. The number of hydrogen-bond acceptors (Lipinski definition) is 11. The molecule has 2 amide bonds. The van der Waals surface area contributed by atoms with Crippen LogP contribution in [-0.2, 0) is 38.0 Å². The number of hydrogen-bond donors (Lipinski definition) is 4. The van der Waals surface area contributed by atoms with Gasteiger partial charge in [-0.05, 0) is 63.5 Å². The lowest BCUT2D eigenvalue weighted by Gasteiger charge is -2.30. The van der Waals surface area contributed by atoms with Crippen LogP contribution in [-0.4, -0.2) is 119 Å². The Morgan fingerprint density at radius 3 is 1.52 bits per heavy atom. The maximum absolute atomic E-state index is 12.7. The highest BCUT2D eigenvalue weighted by Crippen LogP contribution is 2.27. The van der Waals surface area contributed by atoms with Crippen LogP contribution in [0.5, 0.6) is 0 Å². The van der Waals surface area contributed by atoms with Gasteiger partial charge in [-0.2, -0.15) is 0 Å². The zero-order chi connectivity index (χ0) is 30.7. The number of carbonyl (C=O) groups is 3. The SMILES string of the molecule is COCCOCCNC(=O)[C@]1(O)CC/C=C/[C@H](OC(=O)O[C@H]2/C=C/CC[C@@](O)(C(=O)NCCOCCOC)CC2)CC1. The first-order valence-corrected chi connectivity index (χ1v) is 14.6. The molecule has 0 bridgehead atoms. The second kappa shape index (κ2) is 19.6. The van der Waals surface area contributed by atoms with Crippen molar-refractivity contribution >= 4 is 18.0 Å². The Morgan fingerprint density at radius 1 is 0.690 bits per heavy atom. The van der Waals surface area contributed by atoms with Gasteiger partial charge in [-0.1, -0.05) is 12.2 Å². The molecule has 0 aromatic heterocycles. The summed E-state index contributed by atoms with van der Waals surface area (Å²) in [6.07, 6.45) is 6.61. The van der Waals surface area contributed by atoms with Crippen LogP contribution in [0.3, 0.4) is 0 Å². The predicted octanol–water partition coefficient (Wildman–Crippen LogP) is 1.16. The topological polar surface area (TPSA) is 171 Å². The molecule has 0 saturated carbocycles. The van der Waals surface area contributed by atoms with Crippen molar-refractivity contribution in [1.29, 1.82) is 0 Å². The van der Waals surface area contributed by atoms with Crippen LogP contribution < -0.4 is 10.6 Å². The zero-order valence-electron chi connectivity index (χ0n) is 24.8. The number of amides is 2. The molecular weight excluding hydrogens is 552 g/mol. The summed E-state index contributed by atoms with van der Waals surface area (Å²) in [6.45, 7) is 2.83. The highest BCUT2D eigenvalue weighted by Gasteiger charge is 2.38. The number of aliphatic hydroxyl groups is 2. The summed E-state index contributed by atoms with van der Waals surface area (Å²) in [5, 5.41) is 27.4. The minimum Gasteiger partial charge on any atom is -0.427 e. The van der Waals surface area contributed by atoms with E-state index in [1.807, 2.05) is 0 Å². The van der Waals surface area contributed by atoms with E-state index < -0.39 is 41.4 Å². The fourth-order valence-electron chi connectivity index (χ4n) is 4.56. The van der Waals surface area contributed by atoms with Gasteiger partial charge in [-0.15, -0.1) is 0 Å². The maximum Gasteiger partial charge on any atom is 0.509 e. The Bertz CT molecular complexity index is 816. The number of rotatable bonds is 16. The van der Waals surface area contributed by atoms with Crippen molar-refractivity contribution in [3.8, 4) is 0 Å². The molecular formula is C29H48N2O11. The molecule has 0 saturated heterocycles. The van der Waals surface area contributed by atoms with Crippen LogP contribution in [0.4, 0.5) is 4.79 Å². The van der Waals surface area contributed by atoms with E-state index in [-0.39, 0.29) is 51.6 Å². The summed E-state index contributed by atoms with van der Waals surface area (Å²) >= 11 is 0. The van der Waals surface area contributed by atoms with Gasteiger partial charge in [0.15, 0.2) is 0 Å². The summed E-state index contributed by atoms with van der Waals surface area (Å²) in [7, 11) is 3.15. The third-order valence-corrected chi connectivity index (χ3v) is 7.10. The summed E-state index contributed by atoms with van der Waals surface area (Å²) < 4.78 is 31.4. The molecule has 13 nitrogen and oxygen atoms in total. The Balaban J connectivity index is 1.80. The van der Waals surface area contributed by atoms with Gasteiger partial charge < -0.3 is 49.3 Å². The Morgan fingerprint density at radius 2 is 1.12 bits per heavy atom. The minimum absolute atomic E-state index is 0.0918. The van der Waals surface area contributed by atoms with Gasteiger partial charge in [-0.25, -0.2) is 4.79 Å². The van der Waals surface area contributed by atoms with Crippen LogP contribution in [0.25, 0.3) is 0 Å². The van der Waals surface area contributed by atoms with E-state index in [0.29, 0.717) is 52.5 Å². The van der Waals surface area contributed by atoms with Crippen LogP contribution in [0.2, 0.25) is 0 Å². The molecule has 42 heavy (non-hydrogen) atoms. The lowest BCUT2D eigenvalue weighted by molar-refractivity contribution is -0.142. The molecule has 4 atom stereocenters. The van der Waals surface area contributed by atoms with E-state index in [0.717, 1.165) is 0 Å². The lowest BCUT2D eigenvalue weighted by atomic mass is 9.87. The molecule has 13 heteroatoms. The molecule has 0 aliphatic heterocycles. The molecule has 4 N–H and O–H groups in total. The first-order chi connectivity index (χ1) is 20.2. The third kappa shape index (κ3) is 13.2. The number of ether oxygens (including phenoxy) is 6. The first-order valence-electron chi connectivity index (χ1n) is 14.6. The molecule has 2 rings (SSSR count). The Hall–Kier alpha value is -2.55. The Kier molecular flexibility index (Phi) is 16.6. The Labute approximate surface area is 247 Å². The van der Waals surface area contributed by atoms with Gasteiger partial charge in [0.1, 0.15) is 23.4 Å². The minimum atomic E-state index is -1.61. The van der Waals surface area contributed by atoms with Gasteiger partial charge in [0.05, 0.1) is 39.6 Å². The molecule has 240 valence electrons. The molecule has 0 fully saturated rings. The monoisotopic (exact) mass is 600 g/mol. The second-order valence-electron chi connectivity index (χ2n) is 10.4. The molecule has 0 spiro atoms. The molecule has 0 unspecified atom stereocenters. The summed E-state index contributed by atoms with van der Waals surface area (Å²) in [4.78, 5) is 38.0. The van der Waals surface area contributed by atoms with Crippen LogP contribution >= 0.6 is 0 Å². The molecule has 2 aliphatic carbocycles. The normalized spacial score (nSPS) is 27.8. The average molecular weight is 601 g/mol. The van der Waals surface area contributed by atoms with Crippen molar-refractivity contribution in [2.75, 3.05) is 67.0 Å². The average Bonchev–Trinajstić information content (AvgIpc) is 2.95. The number of methoxy groups -OCH3 is 2. The molecule has 0 heterocycles. The van der Waals surface area contributed by atoms with E-state index >= 15 is 0 Å². The van der Waals surface area contributed by atoms with Gasteiger partial charge in [-0.3, -0.25) is 9.59 Å². The molecule has 0 radical (unpaired) electrons. The van der Waals surface area contributed by atoms with Gasteiger partial charge in [0, 0.05) is 27.3 Å². The fraction of sp³-hybridized carbons (Fsp3) is 0.759. The van der Waals surface area contributed by atoms with Gasteiger partial charge in [0.25, 0.3) is 11.8 Å². The highest BCUT2D eigenvalue weighted by molar-refractivity contribution is 5.85. The second-order valence-corrected chi connectivity index (χ2v) is 10.4. The quantitative estimate of drug-likeness (QED) is 0.114. The highest BCUT2D eigenvalue weighted by atomic mass is 16.7. The van der Waals surface area contributed by atoms with Crippen LogP contribution in [0.15, 0.2) is 24.3 Å². The largest absolute Gasteiger partial charge is 0.509 e. The standard InChI is InChI=1S/C29H48N2O11/c1-37-19-21-39-17-15-30-25(32)28(35)11-5-3-7-23(9-13-28)41-27(34)42-24-8-4-6-12-29(36,14-10-24)26(33)31-16-18-40-22-20-38-2/h3-4,7-8,23-24,35-36H,5-6,9-22H2,1-2H3,(H,30,32)(H,31,33)/b7-3+,8-4+/t23-,24-,28-,29-/m0/s1. The molecule has 2 aliphatic rings. The van der Waals surface area contributed by atoms with Crippen molar-refractivity contribution in [2.45, 2.75) is 74.8 Å². The van der Waals surface area contributed by atoms with Crippen LogP contribution in [0.1, 0.15) is 51.4 Å². The smallest absolute Gasteiger partial charge is 0.427 e. The van der Waals surface area contributed by atoms with Crippen molar-refractivity contribution < 1.29 is 53.0 Å². The van der Waals surface area contributed by atoms with E-state index in [2.05, 4.69) is 10.6 Å². The van der Waals surface area contributed by atoms with E-state index in [9.17, 15) is 24.6 Å². The maximum atomic E-state index is 12.7. The van der Waals surface area contributed by atoms with E-state index in [4.69, 9.17) is 28.4 Å². The third-order valence-electron chi connectivity index (χ3n) is 7.10. The lowest BCUT2D eigenvalue weighted by Crippen LogP contribution is -2.48. The summed E-state index contributed by atoms with van der Waals surface area (Å²) in [5.41, 5.74) is -3.21. The van der Waals surface area contributed by atoms with Crippen molar-refractivity contribution in [3.05, 3.63) is 24.3 Å². The molecule has 0 aromatic rings. The van der Waals surface area contributed by atoms with Gasteiger partial charge >= 0.3 is 6.16 Å². The van der Waals surface area contributed by atoms with Crippen LogP contribution in [0, 0.1) is 0 Å². The van der Waals surface area contributed by atoms with E-state index in [1.54, 1.807) is 38.5 Å². The fourth-order valence-corrected chi connectivity index (χ4v) is 4.56. The van der Waals surface area contributed by atoms with Crippen molar-refractivity contribution in [1.82, 2.24) is 10.6 Å². The van der Waals surface area contributed by atoms with E-state index in [1.165, 1.54) is 0 Å². The summed E-state index contributed by atoms with van der Waals surface area (Å²) in [5.74, 6) is -0.992. The first kappa shape index (κ1) is 35.6. The number of nitrogens with one attached hydrogen (secondary N) is 2. The predicted molar refractivity (Wildman–Crippen MR) is 152 cm³/mol. The van der Waals surface area contributed by atoms with Gasteiger partial charge in [0.2, 0.25) is 0 Å². The number of allylic oxidation sites excluding steroid dienone is 2. The van der Waals surface area contributed by atoms with Crippen molar-refractivity contribution in [2.24, 2.45) is 0 Å². The molecule has 0 aromatic carbocycles.